The Kier molecular flexibility index (Phi) is 5.04. The SMILES string of the molecule is CC(C)(C)c1ccc(CN2CCCCCC2C(=O)O)cc1. The van der Waals surface area contributed by atoms with Crippen LogP contribution in [0.25, 0.3) is 0 Å². The molecule has 0 saturated carbocycles. The fraction of sp³-hybridized carbons (Fsp3) is 0.611. The molecule has 1 aliphatic heterocycles. The smallest absolute Gasteiger partial charge is 0.320 e. The van der Waals surface area contributed by atoms with Gasteiger partial charge in [-0.25, -0.2) is 0 Å². The third kappa shape index (κ3) is 4.31. The zero-order chi connectivity index (χ0) is 15.5. The monoisotopic (exact) mass is 289 g/mol. The van der Waals surface area contributed by atoms with Crippen molar-refractivity contribution in [1.82, 2.24) is 4.90 Å². The van der Waals surface area contributed by atoms with Crippen molar-refractivity contribution < 1.29 is 9.90 Å². The van der Waals surface area contributed by atoms with E-state index in [1.165, 1.54) is 11.1 Å². The summed E-state index contributed by atoms with van der Waals surface area (Å²) in [5.74, 6) is -0.678. The maximum Gasteiger partial charge on any atom is 0.320 e. The Balaban J connectivity index is 2.09. The molecule has 0 radical (unpaired) electrons. The van der Waals surface area contributed by atoms with E-state index in [0.29, 0.717) is 0 Å². The van der Waals surface area contributed by atoms with Crippen LogP contribution in [0.4, 0.5) is 0 Å². The second kappa shape index (κ2) is 6.61. The second-order valence-electron chi connectivity index (χ2n) is 7.12. The first-order valence-electron chi connectivity index (χ1n) is 7.94. The van der Waals surface area contributed by atoms with Gasteiger partial charge in [-0.05, 0) is 35.9 Å². The lowest BCUT2D eigenvalue weighted by atomic mass is 9.86. The molecule has 1 aliphatic rings. The molecule has 1 aromatic rings. The Bertz CT molecular complexity index is 473. The lowest BCUT2D eigenvalue weighted by Gasteiger charge is -2.27. The lowest BCUT2D eigenvalue weighted by Crippen LogP contribution is -2.40. The lowest BCUT2D eigenvalue weighted by molar-refractivity contribution is -0.143. The molecule has 3 nitrogen and oxygen atoms in total. The van der Waals surface area contributed by atoms with Gasteiger partial charge in [0, 0.05) is 6.54 Å². The quantitative estimate of drug-likeness (QED) is 0.919. The summed E-state index contributed by atoms with van der Waals surface area (Å²) >= 11 is 0. The largest absolute Gasteiger partial charge is 0.480 e. The molecule has 0 aromatic heterocycles. The predicted molar refractivity (Wildman–Crippen MR) is 85.4 cm³/mol. The first-order valence-corrected chi connectivity index (χ1v) is 7.94. The average molecular weight is 289 g/mol. The highest BCUT2D eigenvalue weighted by Crippen LogP contribution is 2.24. The number of carboxylic acids is 1. The maximum atomic E-state index is 11.5. The Morgan fingerprint density at radius 1 is 1.19 bits per heavy atom. The third-order valence-corrected chi connectivity index (χ3v) is 4.35. The summed E-state index contributed by atoms with van der Waals surface area (Å²) in [7, 11) is 0. The zero-order valence-corrected chi connectivity index (χ0v) is 13.4. The predicted octanol–water partition coefficient (Wildman–Crippen LogP) is 3.81. The Labute approximate surface area is 128 Å². The van der Waals surface area contributed by atoms with Gasteiger partial charge in [-0.3, -0.25) is 9.69 Å². The number of rotatable bonds is 3. The van der Waals surface area contributed by atoms with E-state index >= 15 is 0 Å². The number of carbonyl (C=O) groups is 1. The Morgan fingerprint density at radius 2 is 1.86 bits per heavy atom. The molecule has 0 spiro atoms. The van der Waals surface area contributed by atoms with Gasteiger partial charge in [-0.15, -0.1) is 0 Å². The molecule has 116 valence electrons. The van der Waals surface area contributed by atoms with Crippen molar-refractivity contribution in [3.8, 4) is 0 Å². The van der Waals surface area contributed by atoms with Gasteiger partial charge in [0.2, 0.25) is 0 Å². The van der Waals surface area contributed by atoms with E-state index < -0.39 is 5.97 Å². The summed E-state index contributed by atoms with van der Waals surface area (Å²) in [6, 6.07) is 8.30. The fourth-order valence-electron chi connectivity index (χ4n) is 2.98. The van der Waals surface area contributed by atoms with Crippen molar-refractivity contribution in [3.05, 3.63) is 35.4 Å². The minimum absolute atomic E-state index is 0.157. The number of hydrogen-bond donors (Lipinski definition) is 1. The highest BCUT2D eigenvalue weighted by atomic mass is 16.4. The summed E-state index contributed by atoms with van der Waals surface area (Å²) in [4.78, 5) is 13.6. The number of nitrogens with zero attached hydrogens (tertiary/aromatic N) is 1. The molecule has 1 atom stereocenters. The molecule has 0 amide bonds. The van der Waals surface area contributed by atoms with Crippen molar-refractivity contribution in [2.75, 3.05) is 6.54 Å². The van der Waals surface area contributed by atoms with Crippen LogP contribution in [-0.2, 0) is 16.8 Å². The van der Waals surface area contributed by atoms with E-state index in [-0.39, 0.29) is 11.5 Å². The van der Waals surface area contributed by atoms with Crippen LogP contribution in [0.3, 0.4) is 0 Å². The summed E-state index contributed by atoms with van der Waals surface area (Å²) in [5, 5.41) is 9.42. The summed E-state index contributed by atoms with van der Waals surface area (Å²) < 4.78 is 0. The second-order valence-corrected chi connectivity index (χ2v) is 7.12. The Morgan fingerprint density at radius 3 is 2.43 bits per heavy atom. The van der Waals surface area contributed by atoms with E-state index in [1.807, 2.05) is 0 Å². The minimum atomic E-state index is -0.678. The molecule has 0 bridgehead atoms. The van der Waals surface area contributed by atoms with Crippen LogP contribution < -0.4 is 0 Å². The number of benzene rings is 1. The van der Waals surface area contributed by atoms with E-state index in [2.05, 4.69) is 49.9 Å². The standard InChI is InChI=1S/C18H27NO2/c1-18(2,3)15-10-8-14(9-11-15)13-19-12-6-4-5-7-16(19)17(20)21/h8-11,16H,4-7,12-13H2,1-3H3,(H,20,21). The molecule has 3 heteroatoms. The van der Waals surface area contributed by atoms with Crippen LogP contribution in [0.2, 0.25) is 0 Å². The number of hydrogen-bond acceptors (Lipinski definition) is 2. The van der Waals surface area contributed by atoms with Gasteiger partial charge in [-0.2, -0.15) is 0 Å². The third-order valence-electron chi connectivity index (χ3n) is 4.35. The molecule has 2 rings (SSSR count). The first-order chi connectivity index (χ1) is 9.88. The molecule has 21 heavy (non-hydrogen) atoms. The molecule has 1 aromatic carbocycles. The average Bonchev–Trinajstić information content (AvgIpc) is 2.64. The van der Waals surface area contributed by atoms with E-state index in [1.54, 1.807) is 0 Å². The fourth-order valence-corrected chi connectivity index (χ4v) is 2.98. The summed E-state index contributed by atoms with van der Waals surface area (Å²) in [6.07, 6.45) is 4.04. The molecular weight excluding hydrogens is 262 g/mol. The van der Waals surface area contributed by atoms with Crippen LogP contribution in [0.15, 0.2) is 24.3 Å². The van der Waals surface area contributed by atoms with Gasteiger partial charge >= 0.3 is 5.97 Å². The zero-order valence-electron chi connectivity index (χ0n) is 13.4. The van der Waals surface area contributed by atoms with Crippen LogP contribution >= 0.6 is 0 Å². The van der Waals surface area contributed by atoms with Gasteiger partial charge in [0.1, 0.15) is 6.04 Å². The van der Waals surface area contributed by atoms with Gasteiger partial charge in [0.05, 0.1) is 0 Å². The van der Waals surface area contributed by atoms with Crippen LogP contribution in [0.5, 0.6) is 0 Å². The normalized spacial score (nSPS) is 21.0. The highest BCUT2D eigenvalue weighted by Gasteiger charge is 2.27. The van der Waals surface area contributed by atoms with E-state index in [4.69, 9.17) is 0 Å². The summed E-state index contributed by atoms with van der Waals surface area (Å²) in [6.45, 7) is 8.24. The van der Waals surface area contributed by atoms with Crippen molar-refractivity contribution in [2.45, 2.75) is 64.5 Å². The number of likely N-dealkylation sites (tertiary alicyclic amines) is 1. The van der Waals surface area contributed by atoms with E-state index in [9.17, 15) is 9.90 Å². The van der Waals surface area contributed by atoms with Crippen molar-refractivity contribution in [2.24, 2.45) is 0 Å². The molecule has 1 saturated heterocycles. The van der Waals surface area contributed by atoms with E-state index in [0.717, 1.165) is 38.8 Å². The summed E-state index contributed by atoms with van der Waals surface area (Å²) in [5.41, 5.74) is 2.68. The van der Waals surface area contributed by atoms with Crippen molar-refractivity contribution >= 4 is 5.97 Å². The van der Waals surface area contributed by atoms with Gasteiger partial charge in [-0.1, -0.05) is 57.9 Å². The van der Waals surface area contributed by atoms with Gasteiger partial charge in [0.15, 0.2) is 0 Å². The minimum Gasteiger partial charge on any atom is -0.480 e. The van der Waals surface area contributed by atoms with Crippen molar-refractivity contribution in [3.63, 3.8) is 0 Å². The number of aliphatic carboxylic acids is 1. The highest BCUT2D eigenvalue weighted by molar-refractivity contribution is 5.73. The van der Waals surface area contributed by atoms with Crippen LogP contribution in [-0.4, -0.2) is 28.6 Å². The maximum absolute atomic E-state index is 11.5. The molecule has 1 N–H and O–H groups in total. The van der Waals surface area contributed by atoms with Crippen molar-refractivity contribution in [1.29, 1.82) is 0 Å². The first kappa shape index (κ1) is 16.0. The van der Waals surface area contributed by atoms with Gasteiger partial charge in [0.25, 0.3) is 0 Å². The molecule has 1 heterocycles. The number of carboxylic acid groups (broad SMARTS) is 1. The topological polar surface area (TPSA) is 40.5 Å². The molecular formula is C18H27NO2. The van der Waals surface area contributed by atoms with Crippen LogP contribution in [0.1, 0.15) is 57.6 Å². The van der Waals surface area contributed by atoms with Gasteiger partial charge < -0.3 is 5.11 Å². The van der Waals surface area contributed by atoms with Crippen LogP contribution in [0, 0.1) is 0 Å². The molecule has 1 unspecified atom stereocenters. The molecule has 1 fully saturated rings. The molecule has 0 aliphatic carbocycles. The Hall–Kier alpha value is -1.35.